The molecule has 0 fully saturated rings. The van der Waals surface area contributed by atoms with Gasteiger partial charge in [0.05, 0.1) is 16.2 Å². The van der Waals surface area contributed by atoms with Crippen LogP contribution in [0.3, 0.4) is 0 Å². The highest BCUT2D eigenvalue weighted by molar-refractivity contribution is 6.02. The van der Waals surface area contributed by atoms with Crippen LogP contribution in [0.4, 0.5) is 11.4 Å². The quantitative estimate of drug-likeness (QED) is 0.268. The zero-order chi connectivity index (χ0) is 22.5. The van der Waals surface area contributed by atoms with Gasteiger partial charge in [-0.3, -0.25) is 14.9 Å². The van der Waals surface area contributed by atoms with Gasteiger partial charge in [-0.2, -0.15) is 5.10 Å². The summed E-state index contributed by atoms with van der Waals surface area (Å²) >= 11 is 0. The predicted octanol–water partition coefficient (Wildman–Crippen LogP) is 3.70. The summed E-state index contributed by atoms with van der Waals surface area (Å²) in [6.45, 7) is 7.36. The van der Waals surface area contributed by atoms with E-state index < -0.39 is 16.5 Å². The molecule has 0 unspecified atom stereocenters. The third-order valence-electron chi connectivity index (χ3n) is 4.90. The number of anilines is 1. The lowest BCUT2D eigenvalue weighted by molar-refractivity contribution is -0.384. The van der Waals surface area contributed by atoms with E-state index in [0.717, 1.165) is 24.2 Å². The maximum atomic E-state index is 12.5. The number of nitro benzene ring substituents is 1. The molecule has 1 N–H and O–H groups in total. The van der Waals surface area contributed by atoms with Crippen LogP contribution >= 0.6 is 0 Å². The molecule has 0 atom stereocenters. The van der Waals surface area contributed by atoms with E-state index in [-0.39, 0.29) is 22.5 Å². The van der Waals surface area contributed by atoms with Gasteiger partial charge in [0.2, 0.25) is 0 Å². The average molecular weight is 422 g/mol. The van der Waals surface area contributed by atoms with Crippen molar-refractivity contribution in [1.82, 2.24) is 5.43 Å². The van der Waals surface area contributed by atoms with Gasteiger partial charge >= 0.3 is 5.63 Å². The molecule has 160 valence electrons. The lowest BCUT2D eigenvalue weighted by atomic mass is 10.1. The molecule has 0 aliphatic carbocycles. The largest absolute Gasteiger partial charge is 0.422 e. The molecule has 0 bridgehead atoms. The normalized spacial score (nSPS) is 11.4. The summed E-state index contributed by atoms with van der Waals surface area (Å²) in [5.41, 5.74) is 3.83. The Bertz CT molecular complexity index is 1210. The smallest absolute Gasteiger partial charge is 0.345 e. The predicted molar refractivity (Wildman–Crippen MR) is 119 cm³/mol. The van der Waals surface area contributed by atoms with Gasteiger partial charge in [0.15, 0.2) is 0 Å². The molecule has 1 heterocycles. The highest BCUT2D eigenvalue weighted by Gasteiger charge is 2.12. The number of hydrogen-bond acceptors (Lipinski definition) is 7. The van der Waals surface area contributed by atoms with E-state index in [1.807, 2.05) is 18.2 Å². The van der Waals surface area contributed by atoms with Crippen LogP contribution in [0.5, 0.6) is 0 Å². The van der Waals surface area contributed by atoms with Crippen LogP contribution in [-0.4, -0.2) is 29.6 Å². The number of fused-ring (bicyclic) bond motifs is 1. The molecule has 0 saturated heterocycles. The van der Waals surface area contributed by atoms with Crippen LogP contribution in [0.1, 0.15) is 36.7 Å². The molecule has 2 aromatic carbocycles. The topological polar surface area (TPSA) is 118 Å². The highest BCUT2D eigenvalue weighted by Crippen LogP contribution is 2.22. The first-order chi connectivity index (χ1) is 14.8. The zero-order valence-corrected chi connectivity index (χ0v) is 17.4. The minimum absolute atomic E-state index is 0.117. The molecular weight excluding hydrogens is 400 g/mol. The molecule has 3 aromatic rings. The minimum Gasteiger partial charge on any atom is -0.422 e. The molecule has 0 saturated carbocycles. The van der Waals surface area contributed by atoms with E-state index in [2.05, 4.69) is 29.3 Å². The third kappa shape index (κ3) is 4.77. The number of hydrazone groups is 1. The number of carbonyl (C=O) groups excluding carboxylic acids is 1. The summed E-state index contributed by atoms with van der Waals surface area (Å²) < 4.78 is 5.48. The molecule has 0 aliphatic heterocycles. The Labute approximate surface area is 178 Å². The number of non-ortho nitro benzene ring substituents is 1. The number of carbonyl (C=O) groups is 1. The van der Waals surface area contributed by atoms with E-state index in [9.17, 15) is 19.7 Å². The van der Waals surface area contributed by atoms with Gasteiger partial charge in [-0.25, -0.2) is 10.2 Å². The second kappa shape index (κ2) is 9.21. The van der Waals surface area contributed by atoms with Crippen molar-refractivity contribution in [3.8, 4) is 0 Å². The fourth-order valence-corrected chi connectivity index (χ4v) is 3.13. The molecule has 0 radical (unpaired) electrons. The van der Waals surface area contributed by atoms with Crippen LogP contribution in [0.2, 0.25) is 0 Å². The third-order valence-corrected chi connectivity index (χ3v) is 4.90. The lowest BCUT2D eigenvalue weighted by Gasteiger charge is -2.21. The second-order valence-electron chi connectivity index (χ2n) is 6.78. The Kier molecular flexibility index (Phi) is 6.44. The first kappa shape index (κ1) is 21.7. The van der Waals surface area contributed by atoms with Crippen molar-refractivity contribution in [3.05, 3.63) is 80.2 Å². The van der Waals surface area contributed by atoms with Crippen LogP contribution in [0.15, 0.2) is 62.8 Å². The Hall–Kier alpha value is -4.01. The maximum Gasteiger partial charge on any atom is 0.345 e. The van der Waals surface area contributed by atoms with Crippen molar-refractivity contribution in [2.24, 2.45) is 5.10 Å². The summed E-state index contributed by atoms with van der Waals surface area (Å²) in [5.74, 6) is -0.553. The van der Waals surface area contributed by atoms with Crippen LogP contribution in [-0.2, 0) is 0 Å². The van der Waals surface area contributed by atoms with Gasteiger partial charge < -0.3 is 9.32 Å². The van der Waals surface area contributed by atoms with Gasteiger partial charge in [0, 0.05) is 47.9 Å². The molecule has 0 spiro atoms. The van der Waals surface area contributed by atoms with E-state index in [0.29, 0.717) is 5.58 Å². The van der Waals surface area contributed by atoms with Gasteiger partial charge in [-0.05, 0) is 51.1 Å². The number of rotatable bonds is 7. The van der Waals surface area contributed by atoms with Gasteiger partial charge in [0.25, 0.3) is 11.6 Å². The Balaban J connectivity index is 1.83. The number of amides is 1. The SMILES string of the molecule is CCN(CC)c1ccc2cc(/C(C)=N/NC(=O)c3ccc([N+](=O)[O-])cc3)c(=O)oc2c1. The van der Waals surface area contributed by atoms with Gasteiger partial charge in [0.1, 0.15) is 5.58 Å². The van der Waals surface area contributed by atoms with Gasteiger partial charge in [-0.1, -0.05) is 0 Å². The van der Waals surface area contributed by atoms with Crippen molar-refractivity contribution >= 4 is 34.0 Å². The Morgan fingerprint density at radius 2 is 1.81 bits per heavy atom. The number of hydrogen-bond donors (Lipinski definition) is 1. The summed E-state index contributed by atoms with van der Waals surface area (Å²) in [6.07, 6.45) is 0. The van der Waals surface area contributed by atoms with Crippen LogP contribution in [0, 0.1) is 10.1 Å². The van der Waals surface area contributed by atoms with Crippen LogP contribution in [0.25, 0.3) is 11.0 Å². The van der Waals surface area contributed by atoms with Gasteiger partial charge in [-0.15, -0.1) is 0 Å². The number of nitro groups is 1. The van der Waals surface area contributed by atoms with E-state index in [1.54, 1.807) is 13.0 Å². The first-order valence-electron chi connectivity index (χ1n) is 9.76. The monoisotopic (exact) mass is 422 g/mol. The Morgan fingerprint density at radius 1 is 1.13 bits per heavy atom. The fourth-order valence-electron chi connectivity index (χ4n) is 3.13. The summed E-state index contributed by atoms with van der Waals surface area (Å²) in [5, 5.41) is 15.4. The first-order valence-corrected chi connectivity index (χ1v) is 9.76. The van der Waals surface area contributed by atoms with Crippen LogP contribution < -0.4 is 16.0 Å². The molecule has 1 amide bonds. The van der Waals surface area contributed by atoms with Crippen molar-refractivity contribution < 1.29 is 14.1 Å². The molecule has 1 aromatic heterocycles. The molecule has 31 heavy (non-hydrogen) atoms. The number of nitrogens with zero attached hydrogens (tertiary/aromatic N) is 3. The van der Waals surface area contributed by atoms with E-state index in [4.69, 9.17) is 4.42 Å². The maximum absolute atomic E-state index is 12.5. The summed E-state index contributed by atoms with van der Waals surface area (Å²) in [7, 11) is 0. The lowest BCUT2D eigenvalue weighted by Crippen LogP contribution is -2.22. The fraction of sp³-hybridized carbons (Fsp3) is 0.227. The van der Waals surface area contributed by atoms with Crippen molar-refractivity contribution in [1.29, 1.82) is 0 Å². The molecule has 9 heteroatoms. The molecule has 3 rings (SSSR count). The summed E-state index contributed by atoms with van der Waals surface area (Å²) in [6, 6.07) is 12.5. The zero-order valence-electron chi connectivity index (χ0n) is 17.4. The molecule has 0 aliphatic rings. The summed E-state index contributed by atoms with van der Waals surface area (Å²) in [4.78, 5) is 37.0. The molecular formula is C22H22N4O5. The standard InChI is InChI=1S/C22H22N4O5/c1-4-25(5-2)18-11-8-16-12-19(22(28)31-20(16)13-18)14(3)23-24-21(27)15-6-9-17(10-7-15)26(29)30/h6-13H,4-5H2,1-3H3,(H,24,27)/b23-14+. The Morgan fingerprint density at radius 3 is 2.42 bits per heavy atom. The van der Waals surface area contributed by atoms with Crippen molar-refractivity contribution in [2.45, 2.75) is 20.8 Å². The average Bonchev–Trinajstić information content (AvgIpc) is 2.77. The second-order valence-corrected chi connectivity index (χ2v) is 6.78. The van der Waals surface area contributed by atoms with E-state index in [1.165, 1.54) is 24.3 Å². The molecule has 9 nitrogen and oxygen atoms in total. The van der Waals surface area contributed by atoms with E-state index >= 15 is 0 Å². The van der Waals surface area contributed by atoms with Crippen molar-refractivity contribution in [2.75, 3.05) is 18.0 Å². The van der Waals surface area contributed by atoms with Crippen molar-refractivity contribution in [3.63, 3.8) is 0 Å². The number of nitrogens with one attached hydrogen (secondary N) is 1. The number of benzene rings is 2. The highest BCUT2D eigenvalue weighted by atomic mass is 16.6. The minimum atomic E-state index is -0.560.